The molecular weight excluding hydrogens is 187 g/mol. The van der Waals surface area contributed by atoms with Crippen molar-refractivity contribution in [1.29, 1.82) is 0 Å². The Bertz CT molecular complexity index is 244. The molecule has 12 heavy (non-hydrogen) atoms. The Labute approximate surface area is 72.0 Å². The molecule has 0 spiro atoms. The second kappa shape index (κ2) is 3.45. The van der Waals surface area contributed by atoms with E-state index < -0.39 is 23.8 Å². The van der Waals surface area contributed by atoms with Gasteiger partial charge >= 0.3 is 0 Å². The van der Waals surface area contributed by atoms with Crippen LogP contribution < -0.4 is 5.73 Å². The van der Waals surface area contributed by atoms with Crippen LogP contribution >= 0.6 is 11.3 Å². The highest BCUT2D eigenvalue weighted by Gasteiger charge is 2.20. The van der Waals surface area contributed by atoms with Crippen molar-refractivity contribution in [2.24, 2.45) is 5.73 Å². The molecule has 68 valence electrons. The second-order valence-corrected chi connectivity index (χ2v) is 3.37. The Hall–Kier alpha value is -0.550. The minimum Gasteiger partial charge on any atom is -0.323 e. The summed E-state index contributed by atoms with van der Waals surface area (Å²) >= 11 is 0.933. The van der Waals surface area contributed by atoms with Crippen molar-refractivity contribution in [1.82, 2.24) is 0 Å². The summed E-state index contributed by atoms with van der Waals surface area (Å²) < 4.78 is 37.0. The minimum absolute atomic E-state index is 0.185. The molecule has 0 saturated carbocycles. The van der Waals surface area contributed by atoms with E-state index >= 15 is 0 Å². The number of nitrogens with two attached hydrogens (primary N) is 1. The molecule has 1 heterocycles. The van der Waals surface area contributed by atoms with E-state index in [1.807, 2.05) is 0 Å². The molecule has 0 unspecified atom stereocenters. The van der Waals surface area contributed by atoms with Gasteiger partial charge in [-0.3, -0.25) is 0 Å². The van der Waals surface area contributed by atoms with Gasteiger partial charge in [0.15, 0.2) is 0 Å². The lowest BCUT2D eigenvalue weighted by Crippen LogP contribution is -2.04. The molecule has 0 aromatic carbocycles. The molecule has 0 amide bonds. The fourth-order valence-corrected chi connectivity index (χ4v) is 1.72. The largest absolute Gasteiger partial charge is 0.323 e. The maximum Gasteiger partial charge on any atom is 0.267 e. The van der Waals surface area contributed by atoms with E-state index in [0.717, 1.165) is 16.7 Å². The Balaban J connectivity index is 3.04. The lowest BCUT2D eigenvalue weighted by Gasteiger charge is -2.00. The second-order valence-electron chi connectivity index (χ2n) is 2.46. The highest BCUT2D eigenvalue weighted by molar-refractivity contribution is 7.10. The number of rotatable bonds is 2. The Morgan fingerprint density at radius 2 is 2.08 bits per heavy atom. The van der Waals surface area contributed by atoms with Crippen LogP contribution in [0.1, 0.15) is 29.8 Å². The van der Waals surface area contributed by atoms with Gasteiger partial charge in [-0.25, -0.2) is 13.2 Å². The highest BCUT2D eigenvalue weighted by atomic mass is 32.1. The van der Waals surface area contributed by atoms with Crippen molar-refractivity contribution in [2.45, 2.75) is 19.4 Å². The average molecular weight is 195 g/mol. The van der Waals surface area contributed by atoms with Gasteiger partial charge < -0.3 is 5.73 Å². The fraction of sp³-hybridized carbons (Fsp3) is 0.429. The van der Waals surface area contributed by atoms with Crippen LogP contribution in [-0.4, -0.2) is 0 Å². The monoisotopic (exact) mass is 195 g/mol. The Morgan fingerprint density at radius 3 is 2.33 bits per heavy atom. The number of hydrogen-bond acceptors (Lipinski definition) is 2. The Kier molecular flexibility index (Phi) is 2.74. The molecule has 0 aliphatic rings. The van der Waals surface area contributed by atoms with Gasteiger partial charge in [-0.2, -0.15) is 0 Å². The third kappa shape index (κ3) is 1.61. The van der Waals surface area contributed by atoms with Crippen LogP contribution in [0.25, 0.3) is 0 Å². The van der Waals surface area contributed by atoms with Crippen molar-refractivity contribution in [3.63, 3.8) is 0 Å². The van der Waals surface area contributed by atoms with E-state index in [9.17, 15) is 13.2 Å². The summed E-state index contributed by atoms with van der Waals surface area (Å²) in [6, 6.07) is -0.525. The molecule has 0 fully saturated rings. The first-order chi connectivity index (χ1) is 5.54. The lowest BCUT2D eigenvalue weighted by molar-refractivity contribution is 0.147. The number of alkyl halides is 2. The van der Waals surface area contributed by atoms with Crippen LogP contribution in [0.4, 0.5) is 13.2 Å². The van der Waals surface area contributed by atoms with Gasteiger partial charge in [0.2, 0.25) is 0 Å². The van der Waals surface area contributed by atoms with Crippen molar-refractivity contribution in [3.8, 4) is 0 Å². The number of halogens is 3. The van der Waals surface area contributed by atoms with Crippen LogP contribution in [0.5, 0.6) is 0 Å². The SMILES string of the molecule is C[C@@H](N)c1scc(C(F)F)c1F. The van der Waals surface area contributed by atoms with Crippen molar-refractivity contribution in [2.75, 3.05) is 0 Å². The predicted octanol–water partition coefficient (Wildman–Crippen LogP) is 2.84. The molecule has 2 N–H and O–H groups in total. The minimum atomic E-state index is -2.76. The van der Waals surface area contributed by atoms with Gasteiger partial charge in [-0.05, 0) is 6.92 Å². The smallest absolute Gasteiger partial charge is 0.267 e. The summed E-state index contributed by atoms with van der Waals surface area (Å²) in [7, 11) is 0. The first-order valence-electron chi connectivity index (χ1n) is 3.34. The molecule has 0 aliphatic heterocycles. The summed E-state index contributed by atoms with van der Waals surface area (Å²) in [5.41, 5.74) is 4.80. The van der Waals surface area contributed by atoms with Gasteiger partial charge in [0.1, 0.15) is 5.82 Å². The third-order valence-corrected chi connectivity index (χ3v) is 2.61. The van der Waals surface area contributed by atoms with Gasteiger partial charge in [0.05, 0.1) is 10.4 Å². The maximum atomic E-state index is 13.0. The van der Waals surface area contributed by atoms with Crippen LogP contribution in [0, 0.1) is 5.82 Å². The zero-order valence-corrected chi connectivity index (χ0v) is 7.17. The van der Waals surface area contributed by atoms with E-state index in [2.05, 4.69) is 0 Å². The summed E-state index contributed by atoms with van der Waals surface area (Å²) in [4.78, 5) is 0.185. The normalized spacial score (nSPS) is 13.8. The first kappa shape index (κ1) is 9.54. The highest BCUT2D eigenvalue weighted by Crippen LogP contribution is 2.31. The predicted molar refractivity (Wildman–Crippen MR) is 41.8 cm³/mol. The van der Waals surface area contributed by atoms with Crippen molar-refractivity contribution in [3.05, 3.63) is 21.6 Å². The standard InChI is InChI=1S/C7H8F3NS/c1-3(11)6-5(8)4(2-12-6)7(9)10/h2-3,7H,11H2,1H3/t3-/m1/s1. The first-order valence-corrected chi connectivity index (χ1v) is 4.22. The lowest BCUT2D eigenvalue weighted by atomic mass is 10.2. The average Bonchev–Trinajstić information content (AvgIpc) is 2.30. The molecule has 1 aromatic rings. The number of thiophene rings is 1. The van der Waals surface area contributed by atoms with Crippen LogP contribution in [-0.2, 0) is 0 Å². The van der Waals surface area contributed by atoms with Gasteiger partial charge in [0.25, 0.3) is 6.43 Å². The third-order valence-electron chi connectivity index (χ3n) is 1.43. The van der Waals surface area contributed by atoms with Gasteiger partial charge in [-0.15, -0.1) is 11.3 Å². The quantitative estimate of drug-likeness (QED) is 0.771. The molecule has 1 rings (SSSR count). The summed E-state index contributed by atoms with van der Waals surface area (Å²) in [5, 5.41) is 1.11. The van der Waals surface area contributed by atoms with Crippen LogP contribution in [0.15, 0.2) is 5.38 Å². The van der Waals surface area contributed by atoms with Crippen LogP contribution in [0.2, 0.25) is 0 Å². The molecule has 1 atom stereocenters. The zero-order chi connectivity index (χ0) is 9.30. The molecular formula is C7H8F3NS. The summed E-state index contributed by atoms with van der Waals surface area (Å²) in [5.74, 6) is -0.856. The van der Waals surface area contributed by atoms with E-state index in [0.29, 0.717) is 0 Å². The molecule has 0 saturated heterocycles. The molecule has 1 aromatic heterocycles. The van der Waals surface area contributed by atoms with E-state index in [-0.39, 0.29) is 4.88 Å². The van der Waals surface area contributed by atoms with E-state index in [1.165, 1.54) is 0 Å². The molecule has 0 radical (unpaired) electrons. The molecule has 0 aliphatic carbocycles. The van der Waals surface area contributed by atoms with Gasteiger partial charge in [0, 0.05) is 11.4 Å². The van der Waals surface area contributed by atoms with Crippen molar-refractivity contribution < 1.29 is 13.2 Å². The molecule has 0 bridgehead atoms. The Morgan fingerprint density at radius 1 is 1.50 bits per heavy atom. The summed E-state index contributed by atoms with van der Waals surface area (Å²) in [6.45, 7) is 1.56. The fourth-order valence-electron chi connectivity index (χ4n) is 0.827. The van der Waals surface area contributed by atoms with Crippen LogP contribution in [0.3, 0.4) is 0 Å². The van der Waals surface area contributed by atoms with E-state index in [4.69, 9.17) is 5.73 Å². The summed E-state index contributed by atoms with van der Waals surface area (Å²) in [6.07, 6.45) is -2.76. The number of hydrogen-bond donors (Lipinski definition) is 1. The molecule has 1 nitrogen and oxygen atoms in total. The van der Waals surface area contributed by atoms with E-state index in [1.54, 1.807) is 6.92 Å². The van der Waals surface area contributed by atoms with Gasteiger partial charge in [-0.1, -0.05) is 0 Å². The van der Waals surface area contributed by atoms with Crippen molar-refractivity contribution >= 4 is 11.3 Å². The maximum absolute atomic E-state index is 13.0. The zero-order valence-electron chi connectivity index (χ0n) is 6.35. The molecule has 5 heteroatoms. The topological polar surface area (TPSA) is 26.0 Å².